The minimum absolute atomic E-state index is 0.526. The Balaban J connectivity index is 2.22. The molecule has 0 bridgehead atoms. The van der Waals surface area contributed by atoms with Crippen LogP contribution < -0.4 is 5.73 Å². The van der Waals surface area contributed by atoms with E-state index in [9.17, 15) is 0 Å². The van der Waals surface area contributed by atoms with E-state index >= 15 is 0 Å². The van der Waals surface area contributed by atoms with Gasteiger partial charge in [-0.3, -0.25) is 10.1 Å². The molecular weight excluding hydrogens is 226 g/mol. The molecule has 0 amide bonds. The number of aromatic nitrogens is 4. The van der Waals surface area contributed by atoms with Gasteiger partial charge in [-0.25, -0.2) is 4.98 Å². The minimum Gasteiger partial charge on any atom is -0.330 e. The molecule has 0 aromatic carbocycles. The molecule has 0 spiro atoms. The van der Waals surface area contributed by atoms with Gasteiger partial charge in [0.15, 0.2) is 0 Å². The molecule has 0 aliphatic rings. The first-order valence-electron chi connectivity index (χ1n) is 5.03. The number of H-pyrrole nitrogens is 1. The molecule has 6 heteroatoms. The van der Waals surface area contributed by atoms with Crippen molar-refractivity contribution in [1.29, 1.82) is 0 Å². The molecule has 2 rings (SSSR count). The molecule has 2 heterocycles. The molecule has 2 aromatic rings. The van der Waals surface area contributed by atoms with Crippen LogP contribution in [0.1, 0.15) is 12.2 Å². The van der Waals surface area contributed by atoms with Crippen molar-refractivity contribution in [3.8, 4) is 11.5 Å². The van der Waals surface area contributed by atoms with Crippen molar-refractivity contribution in [1.82, 2.24) is 20.2 Å². The normalized spacial score (nSPS) is 10.6. The number of pyridine rings is 1. The molecule has 0 aliphatic heterocycles. The van der Waals surface area contributed by atoms with Gasteiger partial charge in [-0.1, -0.05) is 11.6 Å². The summed E-state index contributed by atoms with van der Waals surface area (Å²) in [6.45, 7) is 0.639. The first-order chi connectivity index (χ1) is 7.81. The highest BCUT2D eigenvalue weighted by atomic mass is 35.5. The molecule has 0 saturated carbocycles. The third kappa shape index (κ3) is 2.37. The molecule has 16 heavy (non-hydrogen) atoms. The van der Waals surface area contributed by atoms with Crippen LogP contribution in [0.15, 0.2) is 18.3 Å². The maximum Gasteiger partial charge on any atom is 0.201 e. The smallest absolute Gasteiger partial charge is 0.201 e. The van der Waals surface area contributed by atoms with Crippen molar-refractivity contribution in [3.05, 3.63) is 29.2 Å². The van der Waals surface area contributed by atoms with E-state index in [2.05, 4.69) is 20.2 Å². The predicted molar refractivity (Wildman–Crippen MR) is 62.0 cm³/mol. The van der Waals surface area contributed by atoms with E-state index < -0.39 is 0 Å². The SMILES string of the molecule is NCCCc1nc(-c2ncccc2Cl)n[nH]1. The Morgan fingerprint density at radius 2 is 2.31 bits per heavy atom. The maximum atomic E-state index is 6.00. The van der Waals surface area contributed by atoms with E-state index in [0.29, 0.717) is 23.1 Å². The van der Waals surface area contributed by atoms with Crippen molar-refractivity contribution in [2.75, 3.05) is 6.54 Å². The Morgan fingerprint density at radius 1 is 1.44 bits per heavy atom. The molecule has 5 nitrogen and oxygen atoms in total. The third-order valence-electron chi connectivity index (χ3n) is 2.12. The topological polar surface area (TPSA) is 80.5 Å². The van der Waals surface area contributed by atoms with E-state index in [-0.39, 0.29) is 0 Å². The Morgan fingerprint density at radius 3 is 3.06 bits per heavy atom. The van der Waals surface area contributed by atoms with Crippen LogP contribution in [0.3, 0.4) is 0 Å². The first-order valence-corrected chi connectivity index (χ1v) is 5.41. The summed E-state index contributed by atoms with van der Waals surface area (Å²) in [5.74, 6) is 1.33. The summed E-state index contributed by atoms with van der Waals surface area (Å²) in [6, 6.07) is 3.54. The van der Waals surface area contributed by atoms with Gasteiger partial charge in [0.2, 0.25) is 5.82 Å². The number of hydrogen-bond donors (Lipinski definition) is 2. The lowest BCUT2D eigenvalue weighted by Gasteiger charge is -1.95. The Hall–Kier alpha value is -1.46. The van der Waals surface area contributed by atoms with Gasteiger partial charge in [-0.05, 0) is 25.1 Å². The fourth-order valence-corrected chi connectivity index (χ4v) is 1.54. The number of nitrogens with two attached hydrogens (primary N) is 1. The van der Waals surface area contributed by atoms with Crippen molar-refractivity contribution in [2.45, 2.75) is 12.8 Å². The number of hydrogen-bond acceptors (Lipinski definition) is 4. The highest BCUT2D eigenvalue weighted by Gasteiger charge is 2.10. The van der Waals surface area contributed by atoms with Crippen molar-refractivity contribution < 1.29 is 0 Å². The van der Waals surface area contributed by atoms with E-state index in [1.165, 1.54) is 0 Å². The molecule has 0 fully saturated rings. The van der Waals surface area contributed by atoms with Gasteiger partial charge >= 0.3 is 0 Å². The minimum atomic E-state index is 0.526. The summed E-state index contributed by atoms with van der Waals surface area (Å²) in [7, 11) is 0. The number of nitrogens with zero attached hydrogens (tertiary/aromatic N) is 3. The molecule has 84 valence electrons. The average molecular weight is 238 g/mol. The number of rotatable bonds is 4. The van der Waals surface area contributed by atoms with Crippen LogP contribution >= 0.6 is 11.6 Å². The zero-order chi connectivity index (χ0) is 11.4. The van der Waals surface area contributed by atoms with Crippen LogP contribution in [-0.2, 0) is 6.42 Å². The number of halogens is 1. The van der Waals surface area contributed by atoms with Crippen LogP contribution in [0.25, 0.3) is 11.5 Å². The van der Waals surface area contributed by atoms with Crippen molar-refractivity contribution >= 4 is 11.6 Å². The summed E-state index contributed by atoms with van der Waals surface area (Å²) in [6.07, 6.45) is 3.33. The molecule has 0 aliphatic carbocycles. The number of aromatic amines is 1. The fraction of sp³-hybridized carbons (Fsp3) is 0.300. The van der Waals surface area contributed by atoms with Gasteiger partial charge in [-0.15, -0.1) is 0 Å². The second kappa shape index (κ2) is 5.05. The van der Waals surface area contributed by atoms with E-state index in [1.807, 2.05) is 0 Å². The van der Waals surface area contributed by atoms with Crippen LogP contribution in [0.2, 0.25) is 5.02 Å². The second-order valence-corrected chi connectivity index (χ2v) is 3.74. The summed E-state index contributed by atoms with van der Waals surface area (Å²) < 4.78 is 0. The van der Waals surface area contributed by atoms with Crippen molar-refractivity contribution in [2.24, 2.45) is 5.73 Å². The van der Waals surface area contributed by atoms with E-state index in [0.717, 1.165) is 18.7 Å². The molecule has 0 saturated heterocycles. The molecule has 0 atom stereocenters. The summed E-state index contributed by atoms with van der Waals surface area (Å²) in [5.41, 5.74) is 6.02. The van der Waals surface area contributed by atoms with Gasteiger partial charge < -0.3 is 5.73 Å². The van der Waals surface area contributed by atoms with E-state index in [1.54, 1.807) is 18.3 Å². The largest absolute Gasteiger partial charge is 0.330 e. The standard InChI is InChI=1S/C10H12ClN5/c11-7-3-2-6-13-9(7)10-14-8(15-16-10)4-1-5-12/h2-3,6H,1,4-5,12H2,(H,14,15,16). The van der Waals surface area contributed by atoms with Crippen LogP contribution in [0.4, 0.5) is 0 Å². The summed E-state index contributed by atoms with van der Waals surface area (Å²) in [4.78, 5) is 8.45. The lowest BCUT2D eigenvalue weighted by Crippen LogP contribution is -2.01. The first kappa shape index (κ1) is 11.0. The number of nitrogens with one attached hydrogen (secondary N) is 1. The monoisotopic (exact) mass is 237 g/mol. The molecule has 0 unspecified atom stereocenters. The van der Waals surface area contributed by atoms with Crippen LogP contribution in [0.5, 0.6) is 0 Å². The van der Waals surface area contributed by atoms with Crippen molar-refractivity contribution in [3.63, 3.8) is 0 Å². The van der Waals surface area contributed by atoms with Gasteiger partial charge in [0.25, 0.3) is 0 Å². The molecular formula is C10H12ClN5. The van der Waals surface area contributed by atoms with Gasteiger partial charge in [0, 0.05) is 12.6 Å². The third-order valence-corrected chi connectivity index (χ3v) is 2.42. The van der Waals surface area contributed by atoms with Crippen LogP contribution in [0, 0.1) is 0 Å². The average Bonchev–Trinajstić information content (AvgIpc) is 2.75. The molecule has 0 radical (unpaired) electrons. The fourth-order valence-electron chi connectivity index (χ4n) is 1.33. The maximum absolute atomic E-state index is 6.00. The van der Waals surface area contributed by atoms with Gasteiger partial charge in [0.1, 0.15) is 11.5 Å². The lowest BCUT2D eigenvalue weighted by molar-refractivity contribution is 0.785. The predicted octanol–water partition coefficient (Wildman–Crippen LogP) is 1.41. The molecule has 2 aromatic heterocycles. The number of aryl methyl sites for hydroxylation is 1. The van der Waals surface area contributed by atoms with Gasteiger partial charge in [-0.2, -0.15) is 5.10 Å². The summed E-state index contributed by atoms with van der Waals surface area (Å²) >= 11 is 6.00. The zero-order valence-corrected chi connectivity index (χ0v) is 9.41. The Bertz CT molecular complexity index is 468. The molecule has 3 N–H and O–H groups in total. The van der Waals surface area contributed by atoms with E-state index in [4.69, 9.17) is 17.3 Å². The summed E-state index contributed by atoms with van der Waals surface area (Å²) in [5, 5.41) is 7.48. The quantitative estimate of drug-likeness (QED) is 0.843. The van der Waals surface area contributed by atoms with Crippen LogP contribution in [-0.4, -0.2) is 26.7 Å². The van der Waals surface area contributed by atoms with Gasteiger partial charge in [0.05, 0.1) is 5.02 Å². The zero-order valence-electron chi connectivity index (χ0n) is 8.65. The second-order valence-electron chi connectivity index (χ2n) is 3.33. The highest BCUT2D eigenvalue weighted by molar-refractivity contribution is 6.32. The highest BCUT2D eigenvalue weighted by Crippen LogP contribution is 2.21. The lowest BCUT2D eigenvalue weighted by atomic mass is 10.3. The Labute approximate surface area is 98.1 Å². The Kier molecular flexibility index (Phi) is 3.48.